The summed E-state index contributed by atoms with van der Waals surface area (Å²) in [4.78, 5) is 0. The molecule has 1 aliphatic carbocycles. The highest BCUT2D eigenvalue weighted by Crippen LogP contribution is 2.29. The number of nitrogens with zero attached hydrogens (tertiary/aromatic N) is 2. The zero-order valence-corrected chi connectivity index (χ0v) is 17.6. The molecule has 1 aromatic rings. The van der Waals surface area contributed by atoms with Gasteiger partial charge >= 0.3 is 0 Å². The maximum atomic E-state index is 3.83. The summed E-state index contributed by atoms with van der Waals surface area (Å²) < 4.78 is 4.87. The SMILES string of the molecule is C=C/C=C(\C=C/C)N1CCN(CCCCCCc2ccc3c(c2)CCC3)S1. The summed E-state index contributed by atoms with van der Waals surface area (Å²) in [6.45, 7) is 9.32. The van der Waals surface area contributed by atoms with Gasteiger partial charge in [-0.2, -0.15) is 0 Å². The normalized spacial score (nSPS) is 17.8. The molecule has 0 aromatic heterocycles. The Balaban J connectivity index is 1.29. The van der Waals surface area contributed by atoms with Gasteiger partial charge < -0.3 is 4.31 Å². The van der Waals surface area contributed by atoms with Crippen LogP contribution in [0.15, 0.2) is 54.8 Å². The fraction of sp³-hybridized carbons (Fsp3) is 0.500. The van der Waals surface area contributed by atoms with Crippen molar-refractivity contribution in [3.8, 4) is 0 Å². The van der Waals surface area contributed by atoms with E-state index in [0.717, 1.165) is 13.1 Å². The van der Waals surface area contributed by atoms with Gasteiger partial charge in [-0.3, -0.25) is 0 Å². The monoisotopic (exact) mass is 382 g/mol. The molecule has 1 heterocycles. The third-order valence-corrected chi connectivity index (χ3v) is 6.65. The Morgan fingerprint density at radius 3 is 2.81 bits per heavy atom. The van der Waals surface area contributed by atoms with Gasteiger partial charge in [0.25, 0.3) is 0 Å². The van der Waals surface area contributed by atoms with Crippen LogP contribution in [0.4, 0.5) is 0 Å². The summed E-state index contributed by atoms with van der Waals surface area (Å²) in [7, 11) is 0. The molecular formula is C24H34N2S. The van der Waals surface area contributed by atoms with E-state index < -0.39 is 0 Å². The Morgan fingerprint density at radius 1 is 1.11 bits per heavy atom. The molecule has 0 saturated carbocycles. The van der Waals surface area contributed by atoms with Gasteiger partial charge in [0, 0.05) is 37.5 Å². The zero-order valence-electron chi connectivity index (χ0n) is 16.8. The lowest BCUT2D eigenvalue weighted by Crippen LogP contribution is -2.13. The van der Waals surface area contributed by atoms with E-state index in [1.165, 1.54) is 63.6 Å². The summed E-state index contributed by atoms with van der Waals surface area (Å²) in [6.07, 6.45) is 18.7. The van der Waals surface area contributed by atoms with Crippen molar-refractivity contribution in [1.29, 1.82) is 0 Å². The third-order valence-electron chi connectivity index (χ3n) is 5.47. The van der Waals surface area contributed by atoms with E-state index in [-0.39, 0.29) is 0 Å². The summed E-state index contributed by atoms with van der Waals surface area (Å²) >= 11 is 1.87. The molecule has 1 aromatic carbocycles. The molecule has 0 amide bonds. The Hall–Kier alpha value is -1.45. The highest BCUT2D eigenvalue weighted by Gasteiger charge is 2.21. The molecule has 1 fully saturated rings. The van der Waals surface area contributed by atoms with E-state index in [1.807, 2.05) is 18.2 Å². The van der Waals surface area contributed by atoms with E-state index in [9.17, 15) is 0 Å². The second-order valence-electron chi connectivity index (χ2n) is 7.56. The number of unbranched alkanes of at least 4 members (excludes halogenated alkanes) is 3. The summed E-state index contributed by atoms with van der Waals surface area (Å²) in [5.74, 6) is 0. The number of hydrogen-bond donors (Lipinski definition) is 0. The maximum absolute atomic E-state index is 3.83. The van der Waals surface area contributed by atoms with Crippen LogP contribution in [0.1, 0.15) is 55.7 Å². The van der Waals surface area contributed by atoms with Gasteiger partial charge in [-0.05, 0) is 74.3 Å². The van der Waals surface area contributed by atoms with Crippen molar-refractivity contribution >= 4 is 12.1 Å². The van der Waals surface area contributed by atoms with Crippen LogP contribution in [0.5, 0.6) is 0 Å². The highest BCUT2D eigenvalue weighted by atomic mass is 32.2. The molecule has 0 radical (unpaired) electrons. The first-order valence-electron chi connectivity index (χ1n) is 10.6. The molecule has 0 N–H and O–H groups in total. The predicted molar refractivity (Wildman–Crippen MR) is 120 cm³/mol. The van der Waals surface area contributed by atoms with Crippen molar-refractivity contribution in [2.75, 3.05) is 19.6 Å². The summed E-state index contributed by atoms with van der Waals surface area (Å²) in [6, 6.07) is 7.20. The number of benzene rings is 1. The van der Waals surface area contributed by atoms with E-state index in [0.29, 0.717) is 0 Å². The van der Waals surface area contributed by atoms with Crippen molar-refractivity contribution < 1.29 is 0 Å². The van der Waals surface area contributed by atoms with Gasteiger partial charge in [0.1, 0.15) is 0 Å². The first-order valence-corrected chi connectivity index (χ1v) is 11.3. The Bertz CT molecular complexity index is 677. The molecule has 0 unspecified atom stereocenters. The third kappa shape index (κ3) is 6.02. The lowest BCUT2D eigenvalue weighted by atomic mass is 10.0. The van der Waals surface area contributed by atoms with Crippen molar-refractivity contribution in [2.24, 2.45) is 0 Å². The molecule has 27 heavy (non-hydrogen) atoms. The molecule has 3 heteroatoms. The van der Waals surface area contributed by atoms with Crippen molar-refractivity contribution in [3.63, 3.8) is 0 Å². The second kappa shape index (κ2) is 10.8. The predicted octanol–water partition coefficient (Wildman–Crippen LogP) is 6.11. The Kier molecular flexibility index (Phi) is 8.10. The average Bonchev–Trinajstić information content (AvgIpc) is 3.33. The number of aryl methyl sites for hydroxylation is 3. The minimum absolute atomic E-state index is 1.09. The fourth-order valence-corrected chi connectivity index (χ4v) is 5.05. The summed E-state index contributed by atoms with van der Waals surface area (Å²) in [5, 5.41) is 0. The second-order valence-corrected chi connectivity index (χ2v) is 8.68. The van der Waals surface area contributed by atoms with Crippen LogP contribution >= 0.6 is 12.1 Å². The molecule has 2 nitrogen and oxygen atoms in total. The first-order chi connectivity index (χ1) is 13.3. The van der Waals surface area contributed by atoms with Crippen LogP contribution < -0.4 is 0 Å². The molecule has 3 rings (SSSR count). The van der Waals surface area contributed by atoms with Crippen LogP contribution in [0.25, 0.3) is 0 Å². The minimum atomic E-state index is 1.09. The standard InChI is InChI=1S/C24H34N2S/c1-3-10-24(11-4-2)26-19-18-25(27-26)17-8-6-5-7-12-21-15-16-22-13-9-14-23(22)20-21/h3-4,10-11,15-16,20H,1,5-9,12-14,17-19H2,2H3/b11-4-,24-10+. The summed E-state index contributed by atoms with van der Waals surface area (Å²) in [5.41, 5.74) is 6.00. The molecule has 0 spiro atoms. The largest absolute Gasteiger partial charge is 0.302 e. The van der Waals surface area contributed by atoms with Gasteiger partial charge in [-0.15, -0.1) is 0 Å². The van der Waals surface area contributed by atoms with Gasteiger partial charge in [0.15, 0.2) is 0 Å². The topological polar surface area (TPSA) is 6.48 Å². The molecule has 2 aliphatic rings. The van der Waals surface area contributed by atoms with Gasteiger partial charge in [0.2, 0.25) is 0 Å². The van der Waals surface area contributed by atoms with Gasteiger partial charge in [-0.1, -0.05) is 49.8 Å². The maximum Gasteiger partial charge on any atom is 0.0479 e. The van der Waals surface area contributed by atoms with Gasteiger partial charge in [0.05, 0.1) is 0 Å². The number of allylic oxidation sites excluding steroid dienone is 4. The van der Waals surface area contributed by atoms with Crippen LogP contribution in [-0.2, 0) is 19.3 Å². The van der Waals surface area contributed by atoms with Crippen molar-refractivity contribution in [1.82, 2.24) is 8.61 Å². The minimum Gasteiger partial charge on any atom is -0.302 e. The lowest BCUT2D eigenvalue weighted by molar-refractivity contribution is 0.464. The highest BCUT2D eigenvalue weighted by molar-refractivity contribution is 7.95. The van der Waals surface area contributed by atoms with Crippen molar-refractivity contribution in [3.05, 3.63) is 71.5 Å². The number of hydrogen-bond acceptors (Lipinski definition) is 3. The number of fused-ring (bicyclic) bond motifs is 1. The molecule has 1 aliphatic heterocycles. The fourth-order valence-electron chi connectivity index (χ4n) is 4.02. The quantitative estimate of drug-likeness (QED) is 0.274. The van der Waals surface area contributed by atoms with Crippen LogP contribution in [0.3, 0.4) is 0 Å². The van der Waals surface area contributed by atoms with Crippen LogP contribution in [0, 0.1) is 0 Å². The Labute approximate surface area is 170 Å². The zero-order chi connectivity index (χ0) is 18.9. The van der Waals surface area contributed by atoms with Crippen LogP contribution in [0.2, 0.25) is 0 Å². The Morgan fingerprint density at radius 2 is 1.96 bits per heavy atom. The lowest BCUT2D eigenvalue weighted by Gasteiger charge is -2.18. The average molecular weight is 383 g/mol. The molecule has 1 saturated heterocycles. The number of rotatable bonds is 10. The first kappa shape index (κ1) is 20.3. The van der Waals surface area contributed by atoms with Crippen LogP contribution in [-0.4, -0.2) is 28.2 Å². The van der Waals surface area contributed by atoms with E-state index in [2.05, 4.69) is 58.5 Å². The molecule has 146 valence electrons. The van der Waals surface area contributed by atoms with Gasteiger partial charge in [-0.25, -0.2) is 4.31 Å². The molecular weight excluding hydrogens is 348 g/mol. The van der Waals surface area contributed by atoms with Crippen molar-refractivity contribution in [2.45, 2.75) is 58.3 Å². The molecule has 0 atom stereocenters. The van der Waals surface area contributed by atoms with E-state index in [1.54, 1.807) is 16.7 Å². The van der Waals surface area contributed by atoms with E-state index >= 15 is 0 Å². The molecule has 0 bridgehead atoms. The van der Waals surface area contributed by atoms with E-state index in [4.69, 9.17) is 0 Å². The smallest absolute Gasteiger partial charge is 0.0479 e.